The first kappa shape index (κ1) is 18.5. The Kier molecular flexibility index (Phi) is 5.11. The average molecular weight is 347 g/mol. The van der Waals surface area contributed by atoms with E-state index in [4.69, 9.17) is 0 Å². The molecule has 0 spiro atoms. The van der Waals surface area contributed by atoms with Crippen LogP contribution in [-0.2, 0) is 0 Å². The molecular weight excluding hydrogens is 324 g/mol. The van der Waals surface area contributed by atoms with Crippen molar-refractivity contribution < 1.29 is 27.5 Å². The maximum Gasteiger partial charge on any atom is 0.394 e. The van der Waals surface area contributed by atoms with E-state index in [1.54, 1.807) is 12.1 Å². The van der Waals surface area contributed by atoms with Crippen molar-refractivity contribution in [2.24, 2.45) is 11.3 Å². The third-order valence-electron chi connectivity index (χ3n) is 4.41. The molecule has 2 N–H and O–H groups in total. The molecule has 1 atom stereocenters. The van der Waals surface area contributed by atoms with Crippen molar-refractivity contribution in [2.45, 2.75) is 45.3 Å². The molecule has 1 saturated carbocycles. The lowest BCUT2D eigenvalue weighted by Gasteiger charge is -2.27. The van der Waals surface area contributed by atoms with Gasteiger partial charge in [-0.25, -0.2) is 4.39 Å². The summed E-state index contributed by atoms with van der Waals surface area (Å²) in [7, 11) is 1.30. The van der Waals surface area contributed by atoms with Crippen molar-refractivity contribution >= 4 is 5.84 Å². The Morgan fingerprint density at radius 2 is 1.79 bits per heavy atom. The van der Waals surface area contributed by atoms with E-state index in [9.17, 15) is 22.8 Å². The minimum Gasteiger partial charge on any atom is -0.355 e. The highest BCUT2D eigenvalue weighted by Gasteiger charge is 2.50. The molecule has 1 fully saturated rings. The SMILES string of the molecule is C/[N+](O)=C(\CC(C)(C)C(F)(F)F)NC(c1ccc(F)cc1)C1CC1. The van der Waals surface area contributed by atoms with E-state index < -0.39 is 11.6 Å². The first-order chi connectivity index (χ1) is 11.0. The number of hydrogen-bond donors (Lipinski definition) is 2. The number of benzene rings is 1. The standard InChI is InChI=1S/C17H22F4N2O/c1-16(2,17(19,20)21)10-14(23(3)24)22-15(11-4-5-11)12-6-8-13(18)9-7-12/h6-9,11,15,24H,4-5,10H2,1-3H3/p+1. The lowest BCUT2D eigenvalue weighted by molar-refractivity contribution is -0.756. The highest BCUT2D eigenvalue weighted by atomic mass is 19.4. The summed E-state index contributed by atoms with van der Waals surface area (Å²) in [6.45, 7) is 2.20. The molecule has 3 nitrogen and oxygen atoms in total. The smallest absolute Gasteiger partial charge is 0.355 e. The number of hydroxylamine groups is 1. The third-order valence-corrected chi connectivity index (χ3v) is 4.41. The fourth-order valence-electron chi connectivity index (χ4n) is 2.53. The van der Waals surface area contributed by atoms with Gasteiger partial charge in [0, 0.05) is 5.92 Å². The summed E-state index contributed by atoms with van der Waals surface area (Å²) in [4.78, 5) is 0. The summed E-state index contributed by atoms with van der Waals surface area (Å²) >= 11 is 0. The van der Waals surface area contributed by atoms with Gasteiger partial charge in [0.15, 0.2) is 0 Å². The molecule has 2 rings (SSSR count). The molecule has 1 aliphatic rings. The number of hydrogen-bond acceptors (Lipinski definition) is 1. The second-order valence-electron chi connectivity index (χ2n) is 7.04. The second-order valence-corrected chi connectivity index (χ2v) is 7.04. The molecule has 0 heterocycles. The minimum absolute atomic E-state index is 0.0959. The molecule has 0 amide bonds. The van der Waals surface area contributed by atoms with Crippen LogP contribution in [0.15, 0.2) is 24.3 Å². The van der Waals surface area contributed by atoms with Gasteiger partial charge >= 0.3 is 6.18 Å². The Balaban J connectivity index is 2.22. The number of rotatable bonds is 5. The molecule has 0 bridgehead atoms. The van der Waals surface area contributed by atoms with Crippen LogP contribution in [0.2, 0.25) is 0 Å². The van der Waals surface area contributed by atoms with Crippen LogP contribution in [0.25, 0.3) is 0 Å². The zero-order valence-corrected chi connectivity index (χ0v) is 14.0. The van der Waals surface area contributed by atoms with Crippen LogP contribution in [0.5, 0.6) is 0 Å². The van der Waals surface area contributed by atoms with Gasteiger partial charge in [0.1, 0.15) is 18.9 Å². The predicted molar refractivity (Wildman–Crippen MR) is 82.4 cm³/mol. The number of nitrogens with zero attached hydrogens (tertiary/aromatic N) is 1. The normalized spacial score (nSPS) is 18.1. The van der Waals surface area contributed by atoms with Crippen molar-refractivity contribution in [3.05, 3.63) is 35.6 Å². The Morgan fingerprint density at radius 3 is 2.21 bits per heavy atom. The third kappa shape index (κ3) is 4.39. The van der Waals surface area contributed by atoms with Crippen molar-refractivity contribution in [1.82, 2.24) is 5.32 Å². The summed E-state index contributed by atoms with van der Waals surface area (Å²) in [6, 6.07) is 5.65. The monoisotopic (exact) mass is 347 g/mol. The molecule has 1 unspecified atom stereocenters. The van der Waals surface area contributed by atoms with E-state index in [0.717, 1.165) is 32.3 Å². The van der Waals surface area contributed by atoms with Crippen molar-refractivity contribution in [2.75, 3.05) is 7.05 Å². The Labute approximate surface area is 139 Å². The van der Waals surface area contributed by atoms with E-state index in [-0.39, 0.29) is 30.0 Å². The first-order valence-corrected chi connectivity index (χ1v) is 7.88. The van der Waals surface area contributed by atoms with E-state index in [0.29, 0.717) is 4.74 Å². The summed E-state index contributed by atoms with van der Waals surface area (Å²) in [5, 5.41) is 12.8. The molecule has 24 heavy (non-hydrogen) atoms. The molecule has 7 heteroatoms. The van der Waals surface area contributed by atoms with E-state index >= 15 is 0 Å². The van der Waals surface area contributed by atoms with E-state index in [2.05, 4.69) is 5.32 Å². The van der Waals surface area contributed by atoms with E-state index in [1.165, 1.54) is 19.2 Å². The fraction of sp³-hybridized carbons (Fsp3) is 0.588. The summed E-state index contributed by atoms with van der Waals surface area (Å²) in [5.74, 6) is -0.00654. The highest BCUT2D eigenvalue weighted by Crippen LogP contribution is 2.43. The lowest BCUT2D eigenvalue weighted by Crippen LogP contribution is -2.42. The predicted octanol–water partition coefficient (Wildman–Crippen LogP) is 4.28. The van der Waals surface area contributed by atoms with Gasteiger partial charge in [-0.2, -0.15) is 13.2 Å². The molecule has 1 aliphatic carbocycles. The van der Waals surface area contributed by atoms with Gasteiger partial charge in [-0.3, -0.25) is 5.32 Å². The quantitative estimate of drug-likeness (QED) is 0.208. The topological polar surface area (TPSA) is 35.3 Å². The Hall–Kier alpha value is -1.79. The average Bonchev–Trinajstić information content (AvgIpc) is 3.27. The maximum atomic E-state index is 13.1. The second kappa shape index (κ2) is 6.61. The van der Waals surface area contributed by atoms with Crippen LogP contribution in [0, 0.1) is 17.2 Å². The molecule has 0 aromatic heterocycles. The van der Waals surface area contributed by atoms with Crippen LogP contribution in [-0.4, -0.2) is 29.0 Å². The first-order valence-electron chi connectivity index (χ1n) is 7.88. The lowest BCUT2D eigenvalue weighted by atomic mass is 9.87. The maximum absolute atomic E-state index is 13.1. The molecule has 0 saturated heterocycles. The van der Waals surface area contributed by atoms with Crippen molar-refractivity contribution in [3.8, 4) is 0 Å². The van der Waals surface area contributed by atoms with Gasteiger partial charge in [0.25, 0.3) is 5.84 Å². The van der Waals surface area contributed by atoms with Crippen molar-refractivity contribution in [1.29, 1.82) is 0 Å². The van der Waals surface area contributed by atoms with Crippen LogP contribution in [0.4, 0.5) is 17.6 Å². The van der Waals surface area contributed by atoms with E-state index in [1.807, 2.05) is 0 Å². The minimum atomic E-state index is -4.39. The van der Waals surface area contributed by atoms with Gasteiger partial charge in [-0.05, 0) is 30.5 Å². The summed E-state index contributed by atoms with van der Waals surface area (Å²) in [6.07, 6.45) is -2.88. The molecule has 134 valence electrons. The van der Waals surface area contributed by atoms with Crippen molar-refractivity contribution in [3.63, 3.8) is 0 Å². The van der Waals surface area contributed by atoms with Gasteiger partial charge in [0.2, 0.25) is 0 Å². The van der Waals surface area contributed by atoms with Gasteiger partial charge in [-0.15, -0.1) is 0 Å². The number of alkyl halides is 3. The summed E-state index contributed by atoms with van der Waals surface area (Å²) in [5.41, 5.74) is -1.19. The van der Waals surface area contributed by atoms with Gasteiger partial charge < -0.3 is 5.21 Å². The number of nitrogens with one attached hydrogen (secondary N) is 1. The molecule has 1 aromatic rings. The van der Waals surface area contributed by atoms with Crippen LogP contribution in [0.1, 0.15) is 44.7 Å². The fourth-order valence-corrected chi connectivity index (χ4v) is 2.53. The van der Waals surface area contributed by atoms with Crippen LogP contribution >= 0.6 is 0 Å². The highest BCUT2D eigenvalue weighted by molar-refractivity contribution is 5.78. The van der Waals surface area contributed by atoms with Gasteiger partial charge in [-0.1, -0.05) is 30.7 Å². The summed E-state index contributed by atoms with van der Waals surface area (Å²) < 4.78 is 53.3. The molecule has 0 radical (unpaired) electrons. The largest absolute Gasteiger partial charge is 0.394 e. The molecule has 0 aliphatic heterocycles. The molecular formula is C17H23F4N2O+. The number of halogens is 4. The molecule has 1 aromatic carbocycles. The number of amidine groups is 1. The van der Waals surface area contributed by atoms with Gasteiger partial charge in [0.05, 0.1) is 11.8 Å². The Bertz CT molecular complexity index is 600. The van der Waals surface area contributed by atoms with Crippen LogP contribution < -0.4 is 5.32 Å². The zero-order valence-electron chi connectivity index (χ0n) is 14.0. The zero-order chi connectivity index (χ0) is 18.1. The van der Waals surface area contributed by atoms with Crippen LogP contribution in [0.3, 0.4) is 0 Å². The Morgan fingerprint density at radius 1 is 1.25 bits per heavy atom.